The normalized spacial score (nSPS) is 14.4. The van der Waals surface area contributed by atoms with Crippen LogP contribution in [0.4, 0.5) is 17.1 Å². The molecule has 2 aliphatic rings. The van der Waals surface area contributed by atoms with Crippen molar-refractivity contribution in [2.24, 2.45) is 5.11 Å². The van der Waals surface area contributed by atoms with E-state index >= 15 is 0 Å². The van der Waals surface area contributed by atoms with Crippen molar-refractivity contribution in [1.29, 1.82) is 0 Å². The second kappa shape index (κ2) is 11.1. The predicted molar refractivity (Wildman–Crippen MR) is 109 cm³/mol. The number of halogens is 1. The van der Waals surface area contributed by atoms with E-state index in [1.807, 2.05) is 24.3 Å². The minimum Gasteiger partial charge on any atom is -0.491 e. The summed E-state index contributed by atoms with van der Waals surface area (Å²) in [6.07, 6.45) is 4.38. The summed E-state index contributed by atoms with van der Waals surface area (Å²) in [5, 5.41) is 7.00. The smallest absolute Gasteiger partial charge is 0.156 e. The van der Waals surface area contributed by atoms with Crippen molar-refractivity contribution in [2.45, 2.75) is 25.7 Å². The number of rotatable bonds is 6. The molecule has 0 saturated carbocycles. The minimum atomic E-state index is -4.69. The molecule has 0 unspecified atom stereocenters. The average molecular weight is 466 g/mol. The molecule has 0 atom stereocenters. The maximum Gasteiger partial charge on any atom is 0.156 e. The monoisotopic (exact) mass is 465 g/mol. The van der Waals surface area contributed by atoms with Gasteiger partial charge in [-0.05, 0) is 43.3 Å². The SMILES string of the molecule is [N-]=[N+]=NCCCOc1cc(N2CCCCC2)cc2c1Nc1ccccc1O2.[O-][Cl+3]([O-])([O-])O. The third-order valence-electron chi connectivity index (χ3n) is 4.86. The van der Waals surface area contributed by atoms with E-state index in [1.165, 1.54) is 19.3 Å². The van der Waals surface area contributed by atoms with Gasteiger partial charge in [0.05, 0.1) is 27.2 Å². The van der Waals surface area contributed by atoms with E-state index in [0.29, 0.717) is 19.6 Å². The van der Waals surface area contributed by atoms with Gasteiger partial charge in [0.1, 0.15) is 11.4 Å². The lowest BCUT2D eigenvalue weighted by molar-refractivity contribution is -1.92. The van der Waals surface area contributed by atoms with Crippen molar-refractivity contribution < 1.29 is 38.4 Å². The van der Waals surface area contributed by atoms with Crippen LogP contribution in [0.25, 0.3) is 10.4 Å². The number of piperidine rings is 1. The number of nitrogens with one attached hydrogen (secondary N) is 1. The average Bonchev–Trinajstić information content (AvgIpc) is 2.77. The van der Waals surface area contributed by atoms with E-state index < -0.39 is 10.2 Å². The van der Waals surface area contributed by atoms with Gasteiger partial charge < -0.3 is 19.7 Å². The Morgan fingerprint density at radius 1 is 1.16 bits per heavy atom. The standard InChI is InChI=1S/C20H23N5O2.ClHO4/c21-24-22-9-6-12-26-18-13-15(25-10-4-1-5-11-25)14-19-20(18)23-16-7-2-3-8-17(16)27-19;2-1(3,4)5/h2-3,7-8,13-14,23H,1,4-6,9-12H2;(H,2,3,4,5). The van der Waals surface area contributed by atoms with Crippen molar-refractivity contribution in [3.63, 3.8) is 0 Å². The molecule has 32 heavy (non-hydrogen) atoms. The Morgan fingerprint density at radius 2 is 1.88 bits per heavy atom. The third kappa shape index (κ3) is 7.06. The van der Waals surface area contributed by atoms with E-state index in [9.17, 15) is 0 Å². The van der Waals surface area contributed by atoms with Crippen LogP contribution in [-0.2, 0) is 0 Å². The topological polar surface area (TPSA) is 172 Å². The maximum absolute atomic E-state index is 8.60. The zero-order chi connectivity index (χ0) is 23.0. The van der Waals surface area contributed by atoms with Crippen LogP contribution in [-0.4, -0.2) is 30.9 Å². The summed E-state index contributed by atoms with van der Waals surface area (Å²) in [6.45, 7) is 3.02. The molecule has 2 aromatic rings. The summed E-state index contributed by atoms with van der Waals surface area (Å²) in [7, 11) is -4.69. The number of hydrogen-bond donors (Lipinski definition) is 2. The zero-order valence-electron chi connectivity index (χ0n) is 17.3. The van der Waals surface area contributed by atoms with Crippen molar-refractivity contribution in [2.75, 3.05) is 36.5 Å². The molecule has 1 saturated heterocycles. The van der Waals surface area contributed by atoms with E-state index in [-0.39, 0.29) is 0 Å². The summed E-state index contributed by atoms with van der Waals surface area (Å²) < 4.78 is 44.9. The lowest BCUT2D eigenvalue weighted by Gasteiger charge is -2.31. The molecule has 0 bridgehead atoms. The highest BCUT2D eigenvalue weighted by Gasteiger charge is 2.23. The van der Waals surface area contributed by atoms with Crippen LogP contribution < -0.4 is 33.7 Å². The number of benzene rings is 2. The van der Waals surface area contributed by atoms with E-state index in [1.54, 1.807) is 0 Å². The fourth-order valence-electron chi connectivity index (χ4n) is 3.50. The molecule has 2 aromatic carbocycles. The molecule has 2 heterocycles. The Kier molecular flexibility index (Phi) is 8.23. The molecule has 0 aromatic heterocycles. The molecule has 0 amide bonds. The number of fused-ring (bicyclic) bond motifs is 2. The lowest BCUT2D eigenvalue weighted by Crippen LogP contribution is -2.58. The lowest BCUT2D eigenvalue weighted by atomic mass is 10.1. The molecule has 12 heteroatoms. The minimum absolute atomic E-state index is 0.428. The van der Waals surface area contributed by atoms with Gasteiger partial charge in [0, 0.05) is 42.4 Å². The van der Waals surface area contributed by atoms with Gasteiger partial charge in [-0.2, -0.15) is 14.0 Å². The van der Waals surface area contributed by atoms with Gasteiger partial charge in [0.2, 0.25) is 0 Å². The van der Waals surface area contributed by atoms with E-state index in [2.05, 4.69) is 32.4 Å². The molecule has 0 spiro atoms. The van der Waals surface area contributed by atoms with Crippen molar-refractivity contribution >= 4 is 17.1 Å². The molecule has 11 nitrogen and oxygen atoms in total. The third-order valence-corrected chi connectivity index (χ3v) is 4.86. The molecular formula is C20H24ClN5O6. The van der Waals surface area contributed by atoms with E-state index in [4.69, 9.17) is 33.6 Å². The Bertz CT molecular complexity index is 952. The highest BCUT2D eigenvalue weighted by molar-refractivity contribution is 5.82. The summed E-state index contributed by atoms with van der Waals surface area (Å²) in [5.41, 5.74) is 11.3. The second-order valence-corrected chi connectivity index (χ2v) is 7.93. The molecule has 2 aliphatic heterocycles. The van der Waals surface area contributed by atoms with Crippen LogP contribution in [0.15, 0.2) is 41.5 Å². The Balaban J connectivity index is 0.000000523. The van der Waals surface area contributed by atoms with Crippen LogP contribution in [0.2, 0.25) is 0 Å². The first kappa shape index (κ1) is 23.7. The molecule has 0 aliphatic carbocycles. The number of azide groups is 1. The van der Waals surface area contributed by atoms with Crippen molar-refractivity contribution in [1.82, 2.24) is 0 Å². The van der Waals surface area contributed by atoms with Gasteiger partial charge in [-0.1, -0.05) is 17.2 Å². The quantitative estimate of drug-likeness (QED) is 0.238. The Hall–Kier alpha value is -2.92. The second-order valence-electron chi connectivity index (χ2n) is 7.14. The number of para-hydroxylation sites is 2. The summed E-state index contributed by atoms with van der Waals surface area (Å²) >= 11 is 0. The van der Waals surface area contributed by atoms with E-state index in [0.717, 1.165) is 47.4 Å². The van der Waals surface area contributed by atoms with Gasteiger partial charge in [0.15, 0.2) is 11.5 Å². The van der Waals surface area contributed by atoms with Crippen LogP contribution in [0.5, 0.6) is 17.2 Å². The van der Waals surface area contributed by atoms with Crippen LogP contribution in [0.1, 0.15) is 25.7 Å². The Morgan fingerprint density at radius 3 is 2.59 bits per heavy atom. The summed E-state index contributed by atoms with van der Waals surface area (Å²) in [5.74, 6) is 2.36. The van der Waals surface area contributed by atoms with Gasteiger partial charge in [0.25, 0.3) is 0 Å². The van der Waals surface area contributed by atoms with Crippen LogP contribution >= 0.6 is 0 Å². The first-order valence-electron chi connectivity index (χ1n) is 10.1. The first-order valence-corrected chi connectivity index (χ1v) is 11.4. The maximum atomic E-state index is 8.60. The van der Waals surface area contributed by atoms with Gasteiger partial charge >= 0.3 is 0 Å². The van der Waals surface area contributed by atoms with Crippen molar-refractivity contribution in [3.05, 3.63) is 46.8 Å². The molecule has 0 radical (unpaired) electrons. The molecule has 1 fully saturated rings. The first-order chi connectivity index (χ1) is 15.3. The van der Waals surface area contributed by atoms with Crippen molar-refractivity contribution in [3.8, 4) is 17.2 Å². The number of nitrogens with zero attached hydrogens (tertiary/aromatic N) is 4. The highest BCUT2D eigenvalue weighted by Crippen LogP contribution is 2.48. The van der Waals surface area contributed by atoms with Gasteiger partial charge in [-0.15, -0.1) is 0 Å². The highest BCUT2D eigenvalue weighted by atomic mass is 35.7. The molecule has 172 valence electrons. The van der Waals surface area contributed by atoms with Crippen LogP contribution in [0, 0.1) is 10.2 Å². The van der Waals surface area contributed by atoms with Gasteiger partial charge in [-0.25, -0.2) is 0 Å². The summed E-state index contributed by atoms with van der Waals surface area (Å²) in [4.78, 5) is 5.17. The fourth-order valence-corrected chi connectivity index (χ4v) is 3.50. The predicted octanol–water partition coefficient (Wildman–Crippen LogP) is 1.48. The number of hydrogen-bond acceptors (Lipinski definition) is 9. The largest absolute Gasteiger partial charge is 0.491 e. The number of anilines is 3. The molecular weight excluding hydrogens is 442 g/mol. The zero-order valence-corrected chi connectivity index (χ0v) is 18.0. The Labute approximate surface area is 187 Å². The molecule has 4 rings (SSSR count). The van der Waals surface area contributed by atoms with Gasteiger partial charge in [-0.3, -0.25) is 0 Å². The van der Waals surface area contributed by atoms with Crippen LogP contribution in [0.3, 0.4) is 0 Å². The number of ether oxygens (including phenoxy) is 2. The summed E-state index contributed by atoms with van der Waals surface area (Å²) in [6, 6.07) is 12.1. The molecule has 2 N–H and O–H groups in total. The fraction of sp³-hybridized carbons (Fsp3) is 0.400.